The van der Waals surface area contributed by atoms with Gasteiger partial charge in [0.25, 0.3) is 5.69 Å². The van der Waals surface area contributed by atoms with Gasteiger partial charge in [-0.05, 0) is 6.92 Å². The Morgan fingerprint density at radius 3 is 2.88 bits per heavy atom. The van der Waals surface area contributed by atoms with E-state index in [0.717, 1.165) is 0 Å². The van der Waals surface area contributed by atoms with Gasteiger partial charge in [-0.2, -0.15) is 0 Å². The number of nitrogens with one attached hydrogen (secondary N) is 1. The van der Waals surface area contributed by atoms with Crippen molar-refractivity contribution in [1.82, 2.24) is 0 Å². The molecule has 5 nitrogen and oxygen atoms in total. The smallest absolute Gasteiger partial charge is 0.275 e. The largest absolute Gasteiger partial charge is 0.494 e. The summed E-state index contributed by atoms with van der Waals surface area (Å²) in [6, 6.07) is 4.47. The molecule has 1 aromatic rings. The van der Waals surface area contributed by atoms with Gasteiger partial charge in [-0.15, -0.1) is 6.42 Å². The zero-order valence-corrected chi connectivity index (χ0v) is 8.90. The van der Waals surface area contributed by atoms with Gasteiger partial charge in [0, 0.05) is 17.8 Å². The van der Waals surface area contributed by atoms with Crippen LogP contribution in [0.1, 0.15) is 6.92 Å². The SMILES string of the molecule is C#CCNc1cc(OCC)cc([N+](=O)[O-])c1. The van der Waals surface area contributed by atoms with E-state index in [4.69, 9.17) is 11.2 Å². The molecule has 1 N–H and O–H groups in total. The molecule has 0 aliphatic rings. The number of rotatable bonds is 5. The third-order valence-corrected chi connectivity index (χ3v) is 1.81. The molecule has 0 saturated carbocycles. The summed E-state index contributed by atoms with van der Waals surface area (Å²) in [7, 11) is 0. The first-order valence-corrected chi connectivity index (χ1v) is 4.77. The molecule has 0 radical (unpaired) electrons. The van der Waals surface area contributed by atoms with E-state index in [0.29, 0.717) is 24.6 Å². The van der Waals surface area contributed by atoms with Crippen molar-refractivity contribution in [3.05, 3.63) is 28.3 Å². The maximum Gasteiger partial charge on any atom is 0.275 e. The predicted octanol–water partition coefficient (Wildman–Crippen LogP) is 2.04. The summed E-state index contributed by atoms with van der Waals surface area (Å²) in [4.78, 5) is 10.2. The summed E-state index contributed by atoms with van der Waals surface area (Å²) in [5, 5.41) is 13.5. The third kappa shape index (κ3) is 3.17. The molecule has 0 aliphatic carbocycles. The number of anilines is 1. The Hall–Kier alpha value is -2.22. The van der Waals surface area contributed by atoms with Crippen LogP contribution in [0.3, 0.4) is 0 Å². The van der Waals surface area contributed by atoms with Crippen molar-refractivity contribution in [2.45, 2.75) is 6.92 Å². The summed E-state index contributed by atoms with van der Waals surface area (Å²) < 4.78 is 5.22. The molecule has 16 heavy (non-hydrogen) atoms. The average Bonchev–Trinajstić information content (AvgIpc) is 2.26. The second-order valence-electron chi connectivity index (χ2n) is 2.96. The first-order valence-electron chi connectivity index (χ1n) is 4.77. The van der Waals surface area contributed by atoms with Gasteiger partial charge in [0.1, 0.15) is 5.75 Å². The quantitative estimate of drug-likeness (QED) is 0.468. The topological polar surface area (TPSA) is 64.4 Å². The highest BCUT2D eigenvalue weighted by atomic mass is 16.6. The van der Waals surface area contributed by atoms with Crippen LogP contribution in [0.5, 0.6) is 5.75 Å². The van der Waals surface area contributed by atoms with E-state index in [1.54, 1.807) is 6.07 Å². The Bertz CT molecular complexity index is 424. The summed E-state index contributed by atoms with van der Waals surface area (Å²) in [5.41, 5.74) is 0.557. The van der Waals surface area contributed by atoms with Crippen LogP contribution in [-0.2, 0) is 0 Å². The molecular weight excluding hydrogens is 208 g/mol. The number of hydrogen-bond donors (Lipinski definition) is 1. The molecule has 0 saturated heterocycles. The highest BCUT2D eigenvalue weighted by molar-refractivity contribution is 5.56. The average molecular weight is 220 g/mol. The molecule has 0 unspecified atom stereocenters. The molecule has 0 aromatic heterocycles. The number of non-ortho nitro benzene ring substituents is 1. The van der Waals surface area contributed by atoms with Crippen molar-refractivity contribution in [1.29, 1.82) is 0 Å². The highest BCUT2D eigenvalue weighted by Crippen LogP contribution is 2.25. The van der Waals surface area contributed by atoms with E-state index >= 15 is 0 Å². The Morgan fingerprint density at radius 1 is 1.56 bits per heavy atom. The summed E-state index contributed by atoms with van der Waals surface area (Å²) in [6.45, 7) is 2.58. The molecule has 0 heterocycles. The van der Waals surface area contributed by atoms with Crippen molar-refractivity contribution in [3.8, 4) is 18.1 Å². The van der Waals surface area contributed by atoms with E-state index in [1.807, 2.05) is 6.92 Å². The second-order valence-corrected chi connectivity index (χ2v) is 2.96. The van der Waals surface area contributed by atoms with Crippen molar-refractivity contribution in [2.24, 2.45) is 0 Å². The monoisotopic (exact) mass is 220 g/mol. The number of ether oxygens (including phenoxy) is 1. The van der Waals surface area contributed by atoms with Crippen LogP contribution in [-0.4, -0.2) is 18.1 Å². The lowest BCUT2D eigenvalue weighted by Crippen LogP contribution is -2.01. The molecule has 84 valence electrons. The van der Waals surface area contributed by atoms with Crippen LogP contribution < -0.4 is 10.1 Å². The molecule has 0 amide bonds. The van der Waals surface area contributed by atoms with Crippen molar-refractivity contribution in [3.63, 3.8) is 0 Å². The fraction of sp³-hybridized carbons (Fsp3) is 0.273. The molecule has 0 bridgehead atoms. The van der Waals surface area contributed by atoms with Crippen LogP contribution in [0.15, 0.2) is 18.2 Å². The zero-order chi connectivity index (χ0) is 12.0. The fourth-order valence-electron chi connectivity index (χ4n) is 1.19. The summed E-state index contributed by atoms with van der Waals surface area (Å²) >= 11 is 0. The molecule has 0 fully saturated rings. The molecule has 0 aliphatic heterocycles. The number of terminal acetylenes is 1. The van der Waals surface area contributed by atoms with Gasteiger partial charge in [-0.1, -0.05) is 5.92 Å². The lowest BCUT2D eigenvalue weighted by atomic mass is 10.2. The standard InChI is InChI=1S/C11H12N2O3/c1-3-5-12-9-6-10(13(14)15)8-11(7-9)16-4-2/h1,6-8,12H,4-5H2,2H3. The number of benzene rings is 1. The second kappa shape index (κ2) is 5.61. The minimum Gasteiger partial charge on any atom is -0.494 e. The Labute approximate surface area is 93.6 Å². The van der Waals surface area contributed by atoms with E-state index in [1.165, 1.54) is 12.1 Å². The maximum absolute atomic E-state index is 10.7. The predicted molar refractivity (Wildman–Crippen MR) is 61.6 cm³/mol. The van der Waals surface area contributed by atoms with Gasteiger partial charge in [0.2, 0.25) is 0 Å². The lowest BCUT2D eigenvalue weighted by Gasteiger charge is -2.07. The Kier molecular flexibility index (Phi) is 4.16. The first kappa shape index (κ1) is 11.9. The highest BCUT2D eigenvalue weighted by Gasteiger charge is 2.09. The van der Waals surface area contributed by atoms with Crippen LogP contribution in [0, 0.1) is 22.5 Å². The fourth-order valence-corrected chi connectivity index (χ4v) is 1.19. The van der Waals surface area contributed by atoms with Crippen LogP contribution >= 0.6 is 0 Å². The molecule has 1 aromatic carbocycles. The normalized spacial score (nSPS) is 9.25. The molecule has 1 rings (SSSR count). The Balaban J connectivity index is 2.99. The summed E-state index contributed by atoms with van der Waals surface area (Å²) in [6.07, 6.45) is 5.09. The molecular formula is C11H12N2O3. The number of nitro groups is 1. The minimum atomic E-state index is -0.469. The number of nitro benzene ring substituents is 1. The number of hydrogen-bond acceptors (Lipinski definition) is 4. The zero-order valence-electron chi connectivity index (χ0n) is 8.90. The van der Waals surface area contributed by atoms with Crippen molar-refractivity contribution >= 4 is 11.4 Å². The molecule has 0 atom stereocenters. The van der Waals surface area contributed by atoms with E-state index in [2.05, 4.69) is 11.2 Å². The van der Waals surface area contributed by atoms with E-state index in [9.17, 15) is 10.1 Å². The lowest BCUT2D eigenvalue weighted by molar-refractivity contribution is -0.384. The third-order valence-electron chi connectivity index (χ3n) is 1.81. The maximum atomic E-state index is 10.7. The summed E-state index contributed by atoms with van der Waals surface area (Å²) in [5.74, 6) is 2.85. The molecule has 0 spiro atoms. The first-order chi connectivity index (χ1) is 7.67. The van der Waals surface area contributed by atoms with Crippen LogP contribution in [0.4, 0.5) is 11.4 Å². The van der Waals surface area contributed by atoms with Crippen LogP contribution in [0.25, 0.3) is 0 Å². The van der Waals surface area contributed by atoms with Crippen molar-refractivity contribution < 1.29 is 9.66 Å². The van der Waals surface area contributed by atoms with Gasteiger partial charge < -0.3 is 10.1 Å². The Morgan fingerprint density at radius 2 is 2.31 bits per heavy atom. The van der Waals surface area contributed by atoms with Gasteiger partial charge in [-0.3, -0.25) is 10.1 Å². The van der Waals surface area contributed by atoms with Crippen LogP contribution in [0.2, 0.25) is 0 Å². The minimum absolute atomic E-state index is 0.0227. The van der Waals surface area contributed by atoms with E-state index < -0.39 is 4.92 Å². The van der Waals surface area contributed by atoms with Gasteiger partial charge >= 0.3 is 0 Å². The number of nitrogens with zero attached hydrogens (tertiary/aromatic N) is 1. The van der Waals surface area contributed by atoms with Crippen molar-refractivity contribution in [2.75, 3.05) is 18.5 Å². The van der Waals surface area contributed by atoms with Gasteiger partial charge in [0.05, 0.1) is 24.1 Å². The van der Waals surface area contributed by atoms with Gasteiger partial charge in [-0.25, -0.2) is 0 Å². The van der Waals surface area contributed by atoms with E-state index in [-0.39, 0.29) is 5.69 Å². The molecule has 5 heteroatoms. The van der Waals surface area contributed by atoms with Gasteiger partial charge in [0.15, 0.2) is 0 Å².